The molecule has 13 heteroatoms. The van der Waals surface area contributed by atoms with Crippen LogP contribution >= 0.6 is 11.6 Å². The van der Waals surface area contributed by atoms with Crippen molar-refractivity contribution in [3.05, 3.63) is 101 Å². The number of benzene rings is 3. The fourth-order valence-electron chi connectivity index (χ4n) is 4.49. The van der Waals surface area contributed by atoms with Crippen LogP contribution in [0.3, 0.4) is 0 Å². The first-order valence-electron chi connectivity index (χ1n) is 14.3. The zero-order chi connectivity index (χ0) is 32.6. The van der Waals surface area contributed by atoms with Crippen LogP contribution in [-0.2, 0) is 26.8 Å². The van der Waals surface area contributed by atoms with Crippen LogP contribution in [0.2, 0.25) is 5.02 Å². The summed E-state index contributed by atoms with van der Waals surface area (Å²) in [5.41, 5.74) is 4.07. The summed E-state index contributed by atoms with van der Waals surface area (Å²) in [6.07, 6.45) is 4.32. The molecule has 0 aliphatic rings. The Morgan fingerprint density at radius 1 is 1.07 bits per heavy atom. The molecule has 45 heavy (non-hydrogen) atoms. The summed E-state index contributed by atoms with van der Waals surface area (Å²) in [5, 5.41) is 2.60. The van der Waals surface area contributed by atoms with E-state index >= 15 is 0 Å². The maximum Gasteiger partial charge on any atom is 0.374 e. The normalized spacial score (nSPS) is 13.6. The summed E-state index contributed by atoms with van der Waals surface area (Å²) in [6.45, 7) is 3.80. The molecule has 0 amide bonds. The van der Waals surface area contributed by atoms with Crippen molar-refractivity contribution in [1.82, 2.24) is 5.32 Å². The highest BCUT2D eigenvalue weighted by atomic mass is 35.5. The Bertz CT molecular complexity index is 1890. The lowest BCUT2D eigenvalue weighted by molar-refractivity contribution is -0.678. The highest BCUT2D eigenvalue weighted by Gasteiger charge is 2.26. The van der Waals surface area contributed by atoms with E-state index in [4.69, 9.17) is 20.8 Å². The number of aromatic nitrogens is 1. The second kappa shape index (κ2) is 15.1. The summed E-state index contributed by atoms with van der Waals surface area (Å²) in [6, 6.07) is 22.3. The van der Waals surface area contributed by atoms with Crippen LogP contribution < -0.4 is 14.6 Å². The number of hydrogen-bond acceptors (Lipinski definition) is 8. The molecule has 0 bridgehead atoms. The number of ether oxygens (including phenoxy) is 1. The van der Waals surface area contributed by atoms with Gasteiger partial charge in [-0.05, 0) is 66.8 Å². The fourth-order valence-corrected chi connectivity index (χ4v) is 5.52. The topological polar surface area (TPSA) is 150 Å². The van der Waals surface area contributed by atoms with Crippen molar-refractivity contribution in [3.8, 4) is 16.9 Å². The Balaban J connectivity index is 1.74. The Morgan fingerprint density at radius 2 is 1.78 bits per heavy atom. The predicted octanol–water partition coefficient (Wildman–Crippen LogP) is 5.95. The third-order valence-corrected chi connectivity index (χ3v) is 9.34. The largest absolute Gasteiger partial charge is 0.748 e. The molecular weight excluding hydrogens is 640 g/mol. The number of rotatable bonds is 15. The van der Waals surface area contributed by atoms with Gasteiger partial charge in [0.1, 0.15) is 5.75 Å². The predicted molar refractivity (Wildman–Crippen MR) is 173 cm³/mol. The van der Waals surface area contributed by atoms with Crippen LogP contribution in [0.15, 0.2) is 94.7 Å². The van der Waals surface area contributed by atoms with Gasteiger partial charge in [0.15, 0.2) is 12.4 Å². The van der Waals surface area contributed by atoms with E-state index in [0.717, 1.165) is 22.2 Å². The summed E-state index contributed by atoms with van der Waals surface area (Å²) in [7, 11) is -8.59. The number of oxazole rings is 1. The zero-order valence-electron chi connectivity index (χ0n) is 24.8. The minimum atomic E-state index is -4.36. The molecule has 0 fully saturated rings. The molecule has 1 unspecified atom stereocenters. The van der Waals surface area contributed by atoms with E-state index in [-0.39, 0.29) is 25.9 Å². The van der Waals surface area contributed by atoms with Crippen LogP contribution in [0.4, 0.5) is 0 Å². The molecule has 10 nitrogen and oxygen atoms in total. The van der Waals surface area contributed by atoms with Crippen LogP contribution in [0.25, 0.3) is 28.3 Å². The van der Waals surface area contributed by atoms with Gasteiger partial charge in [0, 0.05) is 35.9 Å². The van der Waals surface area contributed by atoms with Gasteiger partial charge in [0.25, 0.3) is 15.6 Å². The molecule has 1 aromatic heterocycles. The van der Waals surface area contributed by atoms with Gasteiger partial charge in [-0.15, -0.1) is 0 Å². The van der Waals surface area contributed by atoms with Crippen molar-refractivity contribution in [2.45, 2.75) is 44.9 Å². The average Bonchev–Trinajstić information content (AvgIpc) is 3.34. The molecule has 4 rings (SSSR count). The lowest BCUT2D eigenvalue weighted by Crippen LogP contribution is -2.37. The van der Waals surface area contributed by atoms with E-state index in [2.05, 4.69) is 5.32 Å². The van der Waals surface area contributed by atoms with Crippen molar-refractivity contribution in [2.75, 3.05) is 12.3 Å². The second-order valence-corrected chi connectivity index (χ2v) is 14.2. The first kappa shape index (κ1) is 34.2. The molecule has 0 saturated carbocycles. The maximum atomic E-state index is 11.8. The van der Waals surface area contributed by atoms with Gasteiger partial charge < -0.3 is 19.0 Å². The van der Waals surface area contributed by atoms with Gasteiger partial charge in [0.05, 0.1) is 21.4 Å². The highest BCUT2D eigenvalue weighted by molar-refractivity contribution is 7.86. The van der Waals surface area contributed by atoms with Gasteiger partial charge in [-0.3, -0.25) is 4.55 Å². The van der Waals surface area contributed by atoms with E-state index in [1.165, 1.54) is 6.92 Å². The van der Waals surface area contributed by atoms with Crippen LogP contribution in [0.5, 0.6) is 5.75 Å². The Labute approximate surface area is 268 Å². The quantitative estimate of drug-likeness (QED) is 0.0513. The minimum Gasteiger partial charge on any atom is -0.748 e. The van der Waals surface area contributed by atoms with Crippen molar-refractivity contribution < 1.29 is 39.7 Å². The summed E-state index contributed by atoms with van der Waals surface area (Å²) >= 11 is 6.01. The van der Waals surface area contributed by atoms with Crippen LogP contribution in [-0.4, -0.2) is 43.5 Å². The first-order chi connectivity index (χ1) is 21.3. The SMILES string of the molecule is CCC(=Cc1oc2ccc(-c3ccccc3)cc2[n+]1CCC(C)S(=O)(=O)O)C=C(NCCCS(=O)(=O)[O-])Oc1ccc(Cl)cc1. The van der Waals surface area contributed by atoms with Gasteiger partial charge in [-0.25, -0.2) is 8.42 Å². The molecule has 3 aromatic carbocycles. The third-order valence-electron chi connectivity index (χ3n) is 7.05. The Morgan fingerprint density at radius 3 is 2.42 bits per heavy atom. The van der Waals surface area contributed by atoms with Crippen LogP contribution in [0.1, 0.15) is 39.0 Å². The number of hydrogen-bond donors (Lipinski definition) is 2. The molecule has 1 atom stereocenters. The van der Waals surface area contributed by atoms with Crippen molar-refractivity contribution in [3.63, 3.8) is 0 Å². The molecule has 4 aromatic rings. The van der Waals surface area contributed by atoms with E-state index in [9.17, 15) is 25.9 Å². The number of allylic oxidation sites excluding steroid dienone is 2. The fraction of sp³-hybridized carbons (Fsp3) is 0.281. The van der Waals surface area contributed by atoms with Crippen LogP contribution in [0, 0.1) is 0 Å². The zero-order valence-corrected chi connectivity index (χ0v) is 27.2. The molecule has 0 aliphatic carbocycles. The first-order valence-corrected chi connectivity index (χ1v) is 17.8. The third kappa shape index (κ3) is 10.2. The smallest absolute Gasteiger partial charge is 0.374 e. The summed E-state index contributed by atoms with van der Waals surface area (Å²) in [5.74, 6) is 0.727. The molecule has 0 aliphatic heterocycles. The molecule has 2 N–H and O–H groups in total. The number of aryl methyl sites for hydroxylation is 1. The lowest BCUT2D eigenvalue weighted by Gasteiger charge is -2.14. The highest BCUT2D eigenvalue weighted by Crippen LogP contribution is 2.26. The number of nitrogens with zero attached hydrogens (tertiary/aromatic N) is 1. The monoisotopic (exact) mass is 674 g/mol. The number of nitrogens with one attached hydrogen (secondary N) is 1. The standard InChI is InChI=1S/C32H35ClN2O8S2/c1-3-24(20-31(34-17-7-19-44(36,37)38)42-28-13-11-27(33)12-14-28)21-32-35(18-16-23(2)45(39,40)41)29-22-26(10-15-30(29)43-32)25-8-5-4-6-9-25/h4-6,8-15,20-23H,3,7,16-19H2,1-2H3,(H2,36,37,38,39,40,41). The van der Waals surface area contributed by atoms with Gasteiger partial charge >= 0.3 is 5.89 Å². The number of halogens is 1. The second-order valence-electron chi connectivity index (χ2n) is 10.4. The van der Waals surface area contributed by atoms with Crippen molar-refractivity contribution in [1.29, 1.82) is 0 Å². The van der Waals surface area contributed by atoms with Gasteiger partial charge in [-0.1, -0.05) is 54.9 Å². The molecular formula is C32H35ClN2O8S2. The maximum absolute atomic E-state index is 11.8. The van der Waals surface area contributed by atoms with Gasteiger partial charge in [0.2, 0.25) is 5.58 Å². The number of fused-ring (bicyclic) bond motifs is 1. The molecule has 0 saturated heterocycles. The van der Waals surface area contributed by atoms with E-state index in [1.807, 2.05) is 66.1 Å². The summed E-state index contributed by atoms with van der Waals surface area (Å²) < 4.78 is 80.5. The van der Waals surface area contributed by atoms with Crippen molar-refractivity contribution in [2.24, 2.45) is 0 Å². The molecule has 0 radical (unpaired) electrons. The van der Waals surface area contributed by atoms with Gasteiger partial charge in [-0.2, -0.15) is 13.0 Å². The summed E-state index contributed by atoms with van der Waals surface area (Å²) in [4.78, 5) is 0. The molecule has 1 heterocycles. The Kier molecular flexibility index (Phi) is 11.5. The minimum absolute atomic E-state index is 0.0809. The van der Waals surface area contributed by atoms with Crippen molar-refractivity contribution >= 4 is 49.0 Å². The van der Waals surface area contributed by atoms with E-state index in [0.29, 0.717) is 34.5 Å². The Hall–Kier alpha value is -3.68. The molecule has 240 valence electrons. The van der Waals surface area contributed by atoms with E-state index in [1.54, 1.807) is 30.3 Å². The average molecular weight is 675 g/mol. The lowest BCUT2D eigenvalue weighted by atomic mass is 10.1. The molecule has 0 spiro atoms. The van der Waals surface area contributed by atoms with E-state index < -0.39 is 31.2 Å².